The Morgan fingerprint density at radius 2 is 1.50 bits per heavy atom. The van der Waals surface area contributed by atoms with Crippen LogP contribution in [0.5, 0.6) is 0 Å². The molecule has 6 nitrogen and oxygen atoms in total. The zero-order valence-electron chi connectivity index (χ0n) is 19.0. The maximum Gasteiger partial charge on any atom is 0.238 e. The van der Waals surface area contributed by atoms with Crippen molar-refractivity contribution >= 4 is 17.5 Å². The third kappa shape index (κ3) is 6.17. The van der Waals surface area contributed by atoms with Crippen LogP contribution in [-0.4, -0.2) is 72.3 Å². The molecule has 1 N–H and O–H groups in total. The molecule has 0 aliphatic carbocycles. The van der Waals surface area contributed by atoms with Crippen molar-refractivity contribution in [3.05, 3.63) is 65.7 Å². The van der Waals surface area contributed by atoms with Gasteiger partial charge in [-0.3, -0.25) is 19.4 Å². The number of hydrogen-bond acceptors (Lipinski definition) is 4. The van der Waals surface area contributed by atoms with Crippen LogP contribution >= 0.6 is 0 Å². The number of aryl methyl sites for hydroxylation is 1. The molecule has 2 amide bonds. The lowest BCUT2D eigenvalue weighted by atomic mass is 9.95. The standard InChI is InChI=1S/C26H34N4O2/c1-21-7-9-24(10-8-21)27-25(31)20-28-13-11-23(12-14-28)26(32)30-17-15-29(16-18-30)19-22-5-3-2-4-6-22/h2-10,23H,11-20H2,1H3,(H,27,31). The van der Waals surface area contributed by atoms with Crippen molar-refractivity contribution in [2.45, 2.75) is 26.3 Å². The second-order valence-electron chi connectivity index (χ2n) is 9.05. The fraction of sp³-hybridized carbons (Fsp3) is 0.462. The number of piperazine rings is 1. The van der Waals surface area contributed by atoms with Crippen molar-refractivity contribution in [3.63, 3.8) is 0 Å². The van der Waals surface area contributed by atoms with E-state index in [9.17, 15) is 9.59 Å². The number of amides is 2. The van der Waals surface area contributed by atoms with E-state index in [2.05, 4.69) is 39.4 Å². The van der Waals surface area contributed by atoms with Gasteiger partial charge in [-0.1, -0.05) is 48.0 Å². The average molecular weight is 435 g/mol. The number of benzene rings is 2. The first-order valence-electron chi connectivity index (χ1n) is 11.7. The van der Waals surface area contributed by atoms with Crippen LogP contribution in [0.25, 0.3) is 0 Å². The molecule has 2 aliphatic rings. The largest absolute Gasteiger partial charge is 0.340 e. The van der Waals surface area contributed by atoms with Crippen molar-refractivity contribution in [2.24, 2.45) is 5.92 Å². The van der Waals surface area contributed by atoms with Crippen LogP contribution < -0.4 is 5.32 Å². The van der Waals surface area contributed by atoms with E-state index in [1.807, 2.05) is 42.2 Å². The van der Waals surface area contributed by atoms with E-state index in [4.69, 9.17) is 0 Å². The first-order valence-corrected chi connectivity index (χ1v) is 11.7. The van der Waals surface area contributed by atoms with Crippen molar-refractivity contribution in [1.29, 1.82) is 0 Å². The van der Waals surface area contributed by atoms with Gasteiger partial charge in [-0.25, -0.2) is 0 Å². The number of nitrogens with zero attached hydrogens (tertiary/aromatic N) is 3. The van der Waals surface area contributed by atoms with Crippen LogP contribution in [0.3, 0.4) is 0 Å². The quantitative estimate of drug-likeness (QED) is 0.760. The summed E-state index contributed by atoms with van der Waals surface area (Å²) < 4.78 is 0. The highest BCUT2D eigenvalue weighted by atomic mass is 16.2. The highest BCUT2D eigenvalue weighted by Gasteiger charge is 2.30. The summed E-state index contributed by atoms with van der Waals surface area (Å²) in [6, 6.07) is 18.4. The van der Waals surface area contributed by atoms with Gasteiger partial charge in [0.25, 0.3) is 0 Å². The number of rotatable bonds is 6. The summed E-state index contributed by atoms with van der Waals surface area (Å²) in [6.45, 7) is 8.44. The molecule has 6 heteroatoms. The molecular weight excluding hydrogens is 400 g/mol. The van der Waals surface area contributed by atoms with E-state index in [0.29, 0.717) is 12.5 Å². The molecule has 0 aromatic heterocycles. The van der Waals surface area contributed by atoms with Gasteiger partial charge >= 0.3 is 0 Å². The molecule has 170 valence electrons. The topological polar surface area (TPSA) is 55.9 Å². The summed E-state index contributed by atoms with van der Waals surface area (Å²) in [5.74, 6) is 0.397. The molecule has 0 spiro atoms. The van der Waals surface area contributed by atoms with Crippen LogP contribution in [-0.2, 0) is 16.1 Å². The molecule has 0 atom stereocenters. The van der Waals surface area contributed by atoms with E-state index in [-0.39, 0.29) is 11.8 Å². The van der Waals surface area contributed by atoms with E-state index < -0.39 is 0 Å². The van der Waals surface area contributed by atoms with E-state index in [1.54, 1.807) is 0 Å². The minimum absolute atomic E-state index is 0.00756. The van der Waals surface area contributed by atoms with Gasteiger partial charge in [0.15, 0.2) is 0 Å². The molecule has 2 heterocycles. The van der Waals surface area contributed by atoms with Gasteiger partial charge in [0.05, 0.1) is 6.54 Å². The highest BCUT2D eigenvalue weighted by Crippen LogP contribution is 2.21. The Kier molecular flexibility index (Phi) is 7.55. The maximum atomic E-state index is 13.0. The molecular formula is C26H34N4O2. The van der Waals surface area contributed by atoms with Gasteiger partial charge in [0.1, 0.15) is 0 Å². The summed E-state index contributed by atoms with van der Waals surface area (Å²) in [4.78, 5) is 32.0. The van der Waals surface area contributed by atoms with Crippen molar-refractivity contribution in [3.8, 4) is 0 Å². The van der Waals surface area contributed by atoms with Gasteiger partial charge in [-0.05, 0) is 50.6 Å². The lowest BCUT2D eigenvalue weighted by molar-refractivity contribution is -0.139. The predicted molar refractivity (Wildman–Crippen MR) is 127 cm³/mol. The Balaban J connectivity index is 1.17. The normalized spacial score (nSPS) is 18.5. The van der Waals surface area contributed by atoms with Crippen molar-refractivity contribution in [2.75, 3.05) is 51.1 Å². The minimum Gasteiger partial charge on any atom is -0.340 e. The monoisotopic (exact) mass is 434 g/mol. The number of carbonyl (C=O) groups excluding carboxylic acids is 2. The average Bonchev–Trinajstić information content (AvgIpc) is 2.82. The summed E-state index contributed by atoms with van der Waals surface area (Å²) in [6.07, 6.45) is 1.67. The third-order valence-corrected chi connectivity index (χ3v) is 6.57. The third-order valence-electron chi connectivity index (χ3n) is 6.57. The predicted octanol–water partition coefficient (Wildman–Crippen LogP) is 2.99. The SMILES string of the molecule is Cc1ccc(NC(=O)CN2CCC(C(=O)N3CCN(Cc4ccccc4)CC3)CC2)cc1. The second-order valence-corrected chi connectivity index (χ2v) is 9.05. The summed E-state index contributed by atoms with van der Waals surface area (Å²) >= 11 is 0. The second kappa shape index (κ2) is 10.7. The number of anilines is 1. The number of piperidine rings is 1. The summed E-state index contributed by atoms with van der Waals surface area (Å²) in [5, 5.41) is 2.96. The molecule has 2 aliphatic heterocycles. The highest BCUT2D eigenvalue weighted by molar-refractivity contribution is 5.92. The lowest BCUT2D eigenvalue weighted by Gasteiger charge is -2.38. The Morgan fingerprint density at radius 1 is 0.844 bits per heavy atom. The van der Waals surface area contributed by atoms with Gasteiger partial charge in [0.2, 0.25) is 11.8 Å². The van der Waals surface area contributed by atoms with Gasteiger partial charge in [-0.15, -0.1) is 0 Å². The molecule has 32 heavy (non-hydrogen) atoms. The Bertz CT molecular complexity index is 884. The zero-order valence-corrected chi connectivity index (χ0v) is 19.0. The Morgan fingerprint density at radius 3 is 2.16 bits per heavy atom. The molecule has 0 radical (unpaired) electrons. The smallest absolute Gasteiger partial charge is 0.238 e. The van der Waals surface area contributed by atoms with Crippen LogP contribution in [0.15, 0.2) is 54.6 Å². The van der Waals surface area contributed by atoms with Gasteiger partial charge in [0, 0.05) is 44.3 Å². The first kappa shape index (κ1) is 22.5. The summed E-state index contributed by atoms with van der Waals surface area (Å²) in [7, 11) is 0. The fourth-order valence-corrected chi connectivity index (χ4v) is 4.60. The van der Waals surface area contributed by atoms with Gasteiger partial charge in [-0.2, -0.15) is 0 Å². The molecule has 2 aromatic rings. The minimum atomic E-state index is 0.00756. The van der Waals surface area contributed by atoms with Crippen LogP contribution in [0.4, 0.5) is 5.69 Å². The van der Waals surface area contributed by atoms with E-state index in [1.165, 1.54) is 11.1 Å². The van der Waals surface area contributed by atoms with Gasteiger partial charge < -0.3 is 10.2 Å². The van der Waals surface area contributed by atoms with E-state index >= 15 is 0 Å². The molecule has 0 bridgehead atoms. The molecule has 2 saturated heterocycles. The summed E-state index contributed by atoms with van der Waals surface area (Å²) in [5.41, 5.74) is 3.33. The lowest BCUT2D eigenvalue weighted by Crippen LogP contribution is -2.51. The maximum absolute atomic E-state index is 13.0. The van der Waals surface area contributed by atoms with Crippen LogP contribution in [0.1, 0.15) is 24.0 Å². The molecule has 2 aromatic carbocycles. The number of nitrogens with one attached hydrogen (secondary N) is 1. The number of likely N-dealkylation sites (tertiary alicyclic amines) is 1. The number of hydrogen-bond donors (Lipinski definition) is 1. The molecule has 0 saturated carbocycles. The number of carbonyl (C=O) groups is 2. The van der Waals surface area contributed by atoms with E-state index in [0.717, 1.165) is 64.3 Å². The van der Waals surface area contributed by atoms with Crippen LogP contribution in [0.2, 0.25) is 0 Å². The first-order chi connectivity index (χ1) is 15.6. The Hall–Kier alpha value is -2.70. The fourth-order valence-electron chi connectivity index (χ4n) is 4.60. The van der Waals surface area contributed by atoms with Crippen molar-refractivity contribution in [1.82, 2.24) is 14.7 Å². The molecule has 0 unspecified atom stereocenters. The molecule has 4 rings (SSSR count). The zero-order chi connectivity index (χ0) is 22.3. The van der Waals surface area contributed by atoms with Crippen LogP contribution in [0, 0.1) is 12.8 Å². The Labute approximate surface area is 191 Å². The van der Waals surface area contributed by atoms with Crippen molar-refractivity contribution < 1.29 is 9.59 Å². The molecule has 2 fully saturated rings.